The maximum atomic E-state index is 3.84. The van der Waals surface area contributed by atoms with Crippen LogP contribution in [0.15, 0.2) is 84.9 Å². The van der Waals surface area contributed by atoms with Gasteiger partial charge in [0, 0.05) is 11.1 Å². The van der Waals surface area contributed by atoms with E-state index in [1.54, 1.807) is 0 Å². The summed E-state index contributed by atoms with van der Waals surface area (Å²) in [4.78, 5) is 0. The van der Waals surface area contributed by atoms with Gasteiger partial charge in [0.15, 0.2) is 0 Å². The molecule has 0 aromatic heterocycles. The quantitative estimate of drug-likeness (QED) is 0.478. The van der Waals surface area contributed by atoms with Gasteiger partial charge in [0.1, 0.15) is 0 Å². The normalized spacial score (nSPS) is 14.6. The van der Waals surface area contributed by atoms with Crippen molar-refractivity contribution in [1.29, 1.82) is 0 Å². The number of anilines is 1. The van der Waals surface area contributed by atoms with Gasteiger partial charge in [-0.15, -0.1) is 0 Å². The number of nitrogens with one attached hydrogen (secondary N) is 1. The molecule has 28 heavy (non-hydrogen) atoms. The topological polar surface area (TPSA) is 12.0 Å². The van der Waals surface area contributed by atoms with Crippen molar-refractivity contribution in [1.82, 2.24) is 0 Å². The van der Waals surface area contributed by atoms with Gasteiger partial charge in [-0.3, -0.25) is 0 Å². The van der Waals surface area contributed by atoms with E-state index in [2.05, 4.69) is 96.2 Å². The summed E-state index contributed by atoms with van der Waals surface area (Å²) in [6.07, 6.45) is 4.41. The monoisotopic (exact) mass is 357 g/mol. The highest BCUT2D eigenvalue weighted by atomic mass is 14.8. The van der Waals surface area contributed by atoms with E-state index in [0.717, 1.165) is 12.7 Å². The first-order valence-corrected chi connectivity index (χ1v) is 10.0. The molecule has 0 fully saturated rings. The Balaban J connectivity index is 1.43. The molecular weight excluding hydrogens is 337 g/mol. The van der Waals surface area contributed by atoms with E-state index in [0.29, 0.717) is 6.85 Å². The van der Waals surface area contributed by atoms with E-state index in [4.69, 9.17) is 0 Å². The number of benzene rings is 4. The van der Waals surface area contributed by atoms with Gasteiger partial charge >= 0.3 is 0 Å². The molecule has 0 radical (unpaired) electrons. The third-order valence-electron chi connectivity index (χ3n) is 6.19. The van der Waals surface area contributed by atoms with Crippen LogP contribution < -0.4 is 10.7 Å². The lowest BCUT2D eigenvalue weighted by Crippen LogP contribution is -2.44. The lowest BCUT2D eigenvalue weighted by atomic mass is 9.49. The van der Waals surface area contributed by atoms with Crippen molar-refractivity contribution in [3.8, 4) is 0 Å². The first kappa shape index (κ1) is 15.8. The summed E-state index contributed by atoms with van der Waals surface area (Å²) in [5, 5.41) is 6.54. The van der Waals surface area contributed by atoms with Gasteiger partial charge in [0.05, 0.1) is 0 Å². The molecule has 0 saturated carbocycles. The molecule has 132 valence electrons. The summed E-state index contributed by atoms with van der Waals surface area (Å²) in [6.45, 7) is 0.293. The molecule has 0 bridgehead atoms. The van der Waals surface area contributed by atoms with Crippen LogP contribution in [0.3, 0.4) is 0 Å². The third-order valence-corrected chi connectivity index (χ3v) is 6.19. The van der Waals surface area contributed by atoms with E-state index in [1.807, 2.05) is 0 Å². The lowest BCUT2D eigenvalue weighted by Gasteiger charge is -2.27. The Morgan fingerprint density at radius 1 is 0.714 bits per heavy atom. The van der Waals surface area contributed by atoms with Crippen LogP contribution in [-0.4, -0.2) is 6.85 Å². The Labute approximate surface area is 165 Å². The zero-order chi connectivity index (χ0) is 18.5. The number of hydrogen-bond donors (Lipinski definition) is 1. The Morgan fingerprint density at radius 2 is 1.50 bits per heavy atom. The van der Waals surface area contributed by atoms with Gasteiger partial charge in [-0.1, -0.05) is 84.9 Å². The molecule has 1 aliphatic heterocycles. The molecule has 1 nitrogen and oxygen atoms in total. The second-order valence-corrected chi connectivity index (χ2v) is 7.85. The maximum Gasteiger partial charge on any atom is 0.291 e. The number of rotatable bonds is 2. The zero-order valence-corrected chi connectivity index (χ0v) is 15.7. The Hall–Kier alpha value is -3.26. The standard InChI is InChI=1S/C26H20BN/c1-2-8-20-16-22(15-19(20)7-1)23-12-3-4-13-24(23)27-17-21-11-5-9-18-10-6-14-25(28-27)26(18)21/h1-15,28H,16-17H2. The van der Waals surface area contributed by atoms with Crippen molar-refractivity contribution in [2.45, 2.75) is 12.7 Å². The Bertz CT molecular complexity index is 1210. The van der Waals surface area contributed by atoms with Crippen LogP contribution in [0.1, 0.15) is 22.3 Å². The van der Waals surface area contributed by atoms with Gasteiger partial charge in [-0.25, -0.2) is 0 Å². The molecule has 0 unspecified atom stereocenters. The molecule has 2 heteroatoms. The largest absolute Gasteiger partial charge is 0.423 e. The van der Waals surface area contributed by atoms with Crippen molar-refractivity contribution in [2.24, 2.45) is 0 Å². The van der Waals surface area contributed by atoms with Gasteiger partial charge < -0.3 is 5.23 Å². The fourth-order valence-corrected chi connectivity index (χ4v) is 4.90. The van der Waals surface area contributed by atoms with Gasteiger partial charge in [-0.05, 0) is 57.5 Å². The molecule has 0 amide bonds. The minimum absolute atomic E-state index is 0.293. The molecule has 1 aliphatic carbocycles. The minimum Gasteiger partial charge on any atom is -0.423 e. The van der Waals surface area contributed by atoms with Crippen LogP contribution in [-0.2, 0) is 12.7 Å². The van der Waals surface area contributed by atoms with Crippen molar-refractivity contribution in [2.75, 3.05) is 5.23 Å². The second-order valence-electron chi connectivity index (χ2n) is 7.85. The average Bonchev–Trinajstić information content (AvgIpc) is 3.18. The van der Waals surface area contributed by atoms with E-state index in [-0.39, 0.29) is 0 Å². The minimum atomic E-state index is 0.293. The number of allylic oxidation sites excluding steroid dienone is 1. The highest BCUT2D eigenvalue weighted by molar-refractivity contribution is 6.77. The highest BCUT2D eigenvalue weighted by Crippen LogP contribution is 2.34. The van der Waals surface area contributed by atoms with E-state index in [1.165, 1.54) is 49.7 Å². The molecule has 4 aromatic carbocycles. The highest BCUT2D eigenvalue weighted by Gasteiger charge is 2.28. The average molecular weight is 357 g/mol. The first-order valence-electron chi connectivity index (χ1n) is 10.0. The summed E-state index contributed by atoms with van der Waals surface area (Å²) in [7, 11) is 0. The predicted molar refractivity (Wildman–Crippen MR) is 121 cm³/mol. The van der Waals surface area contributed by atoms with E-state index >= 15 is 0 Å². The summed E-state index contributed by atoms with van der Waals surface area (Å²) in [6, 6.07) is 30.9. The molecule has 1 heterocycles. The van der Waals surface area contributed by atoms with Gasteiger partial charge in [0.2, 0.25) is 0 Å². The summed E-state index contributed by atoms with van der Waals surface area (Å²) in [5.41, 5.74) is 9.68. The van der Waals surface area contributed by atoms with Crippen LogP contribution in [0.25, 0.3) is 22.4 Å². The van der Waals surface area contributed by atoms with Crippen molar-refractivity contribution in [3.05, 3.63) is 107 Å². The Morgan fingerprint density at radius 3 is 2.43 bits per heavy atom. The molecule has 0 atom stereocenters. The molecular formula is C26H20BN. The van der Waals surface area contributed by atoms with Gasteiger partial charge in [0.25, 0.3) is 6.85 Å². The smallest absolute Gasteiger partial charge is 0.291 e. The van der Waals surface area contributed by atoms with Crippen LogP contribution in [0.2, 0.25) is 0 Å². The number of fused-ring (bicyclic) bond motifs is 1. The predicted octanol–water partition coefficient (Wildman–Crippen LogP) is 5.34. The fraction of sp³-hybridized carbons (Fsp3) is 0.0769. The Kier molecular flexibility index (Phi) is 3.46. The van der Waals surface area contributed by atoms with Crippen LogP contribution in [0.5, 0.6) is 0 Å². The number of hydrogen-bond acceptors (Lipinski definition) is 1. The maximum absolute atomic E-state index is 3.84. The van der Waals surface area contributed by atoms with Gasteiger partial charge in [-0.2, -0.15) is 0 Å². The molecule has 6 rings (SSSR count). The summed E-state index contributed by atoms with van der Waals surface area (Å²) >= 11 is 0. The molecule has 2 aliphatic rings. The third kappa shape index (κ3) is 2.41. The van der Waals surface area contributed by atoms with Crippen LogP contribution >= 0.6 is 0 Å². The molecule has 0 spiro atoms. The SMILES string of the molecule is C1=C(c2ccccc2B2Cc3cccc4cccc(c34)N2)Cc2ccccc21. The molecule has 0 saturated heterocycles. The lowest BCUT2D eigenvalue weighted by molar-refractivity contribution is 1.31. The molecule has 1 N–H and O–H groups in total. The zero-order valence-electron chi connectivity index (χ0n) is 15.7. The first-order chi connectivity index (χ1) is 13.9. The summed E-state index contributed by atoms with van der Waals surface area (Å²) in [5.74, 6) is 0. The van der Waals surface area contributed by atoms with Crippen molar-refractivity contribution in [3.63, 3.8) is 0 Å². The second kappa shape index (κ2) is 6.14. The van der Waals surface area contributed by atoms with Crippen LogP contribution in [0.4, 0.5) is 5.69 Å². The van der Waals surface area contributed by atoms with E-state index in [9.17, 15) is 0 Å². The van der Waals surface area contributed by atoms with Crippen molar-refractivity contribution < 1.29 is 0 Å². The molecule has 4 aromatic rings. The van der Waals surface area contributed by atoms with E-state index < -0.39 is 0 Å². The van der Waals surface area contributed by atoms with Crippen LogP contribution in [0, 0.1) is 0 Å². The summed E-state index contributed by atoms with van der Waals surface area (Å²) < 4.78 is 0. The fourth-order valence-electron chi connectivity index (χ4n) is 4.90. The van der Waals surface area contributed by atoms with Crippen molar-refractivity contribution >= 4 is 40.4 Å².